The highest BCUT2D eigenvalue weighted by atomic mass is 16.5. The summed E-state index contributed by atoms with van der Waals surface area (Å²) in [6.07, 6.45) is 0.437. The summed E-state index contributed by atoms with van der Waals surface area (Å²) in [6, 6.07) is 17.4. The van der Waals surface area contributed by atoms with E-state index in [1.54, 1.807) is 0 Å². The van der Waals surface area contributed by atoms with Crippen molar-refractivity contribution in [3.8, 4) is 0 Å². The van der Waals surface area contributed by atoms with Crippen molar-refractivity contribution in [1.82, 2.24) is 0 Å². The van der Waals surface area contributed by atoms with E-state index < -0.39 is 6.10 Å². The first-order chi connectivity index (χ1) is 8.86. The third-order valence-electron chi connectivity index (χ3n) is 3.29. The van der Waals surface area contributed by atoms with Crippen LogP contribution in [0.2, 0.25) is 0 Å². The highest BCUT2D eigenvalue weighted by molar-refractivity contribution is 6.00. The smallest absolute Gasteiger partial charge is 0.196 e. The SMILES string of the molecule is O=C(c1ccccc1)C1OCCc2ccccc21. The lowest BCUT2D eigenvalue weighted by atomic mass is 9.93. The lowest BCUT2D eigenvalue weighted by Gasteiger charge is -2.25. The second kappa shape index (κ2) is 4.75. The van der Waals surface area contributed by atoms with Gasteiger partial charge in [0, 0.05) is 5.56 Å². The van der Waals surface area contributed by atoms with Gasteiger partial charge in [0.1, 0.15) is 6.10 Å². The summed E-state index contributed by atoms with van der Waals surface area (Å²) >= 11 is 0. The van der Waals surface area contributed by atoms with Crippen LogP contribution in [0.4, 0.5) is 0 Å². The number of hydrogen-bond donors (Lipinski definition) is 0. The van der Waals surface area contributed by atoms with E-state index in [9.17, 15) is 4.79 Å². The zero-order chi connectivity index (χ0) is 12.4. The van der Waals surface area contributed by atoms with E-state index in [0.29, 0.717) is 12.2 Å². The molecule has 0 saturated heterocycles. The molecule has 0 aliphatic carbocycles. The molecule has 2 aromatic carbocycles. The topological polar surface area (TPSA) is 26.3 Å². The van der Waals surface area contributed by atoms with Crippen LogP contribution in [0.15, 0.2) is 54.6 Å². The van der Waals surface area contributed by atoms with Gasteiger partial charge in [-0.15, -0.1) is 0 Å². The Balaban J connectivity index is 1.97. The molecular weight excluding hydrogens is 224 g/mol. The van der Waals surface area contributed by atoms with Crippen molar-refractivity contribution in [2.24, 2.45) is 0 Å². The molecule has 1 heterocycles. The second-order valence-electron chi connectivity index (χ2n) is 4.43. The first kappa shape index (κ1) is 11.2. The molecule has 2 nitrogen and oxygen atoms in total. The molecule has 2 heteroatoms. The number of ether oxygens (including phenoxy) is 1. The quantitative estimate of drug-likeness (QED) is 0.751. The number of rotatable bonds is 2. The fraction of sp³-hybridized carbons (Fsp3) is 0.188. The number of fused-ring (bicyclic) bond motifs is 1. The summed E-state index contributed by atoms with van der Waals surface area (Å²) in [4.78, 5) is 12.4. The highest BCUT2D eigenvalue weighted by Gasteiger charge is 2.27. The van der Waals surface area contributed by atoms with Gasteiger partial charge in [-0.1, -0.05) is 54.6 Å². The third kappa shape index (κ3) is 1.95. The van der Waals surface area contributed by atoms with Crippen molar-refractivity contribution in [2.75, 3.05) is 6.61 Å². The summed E-state index contributed by atoms with van der Waals surface area (Å²) < 4.78 is 5.67. The molecule has 0 saturated carbocycles. The van der Waals surface area contributed by atoms with Crippen LogP contribution in [0.25, 0.3) is 0 Å². The van der Waals surface area contributed by atoms with Crippen molar-refractivity contribution >= 4 is 5.78 Å². The third-order valence-corrected chi connectivity index (χ3v) is 3.29. The molecule has 18 heavy (non-hydrogen) atoms. The number of hydrogen-bond acceptors (Lipinski definition) is 2. The average Bonchev–Trinajstić information content (AvgIpc) is 2.47. The molecule has 3 rings (SSSR count). The van der Waals surface area contributed by atoms with E-state index in [2.05, 4.69) is 6.07 Å². The maximum absolute atomic E-state index is 12.4. The average molecular weight is 238 g/mol. The van der Waals surface area contributed by atoms with Gasteiger partial charge in [0.15, 0.2) is 5.78 Å². The molecule has 1 atom stereocenters. The van der Waals surface area contributed by atoms with Crippen LogP contribution in [-0.4, -0.2) is 12.4 Å². The van der Waals surface area contributed by atoms with Crippen molar-refractivity contribution in [2.45, 2.75) is 12.5 Å². The number of ketones is 1. The molecule has 0 bridgehead atoms. The minimum atomic E-state index is -0.447. The lowest BCUT2D eigenvalue weighted by Crippen LogP contribution is -2.23. The zero-order valence-electron chi connectivity index (χ0n) is 10.0. The Hall–Kier alpha value is -1.93. The molecule has 1 unspecified atom stereocenters. The maximum atomic E-state index is 12.4. The Kier molecular flexibility index (Phi) is 2.95. The minimum Gasteiger partial charge on any atom is -0.365 e. The van der Waals surface area contributed by atoms with Crippen molar-refractivity contribution in [1.29, 1.82) is 0 Å². The Bertz CT molecular complexity index is 560. The van der Waals surface area contributed by atoms with Gasteiger partial charge in [-0.25, -0.2) is 0 Å². The van der Waals surface area contributed by atoms with Crippen molar-refractivity contribution in [3.63, 3.8) is 0 Å². The van der Waals surface area contributed by atoms with E-state index in [1.165, 1.54) is 5.56 Å². The maximum Gasteiger partial charge on any atom is 0.196 e. The molecule has 0 aromatic heterocycles. The van der Waals surface area contributed by atoms with Gasteiger partial charge < -0.3 is 4.74 Å². The Labute approximate surface area is 106 Å². The van der Waals surface area contributed by atoms with E-state index in [-0.39, 0.29) is 5.78 Å². The molecule has 0 spiro atoms. The molecule has 1 aliphatic heterocycles. The highest BCUT2D eigenvalue weighted by Crippen LogP contribution is 2.29. The molecule has 90 valence electrons. The fourth-order valence-electron chi connectivity index (χ4n) is 2.36. The van der Waals surface area contributed by atoms with Crippen LogP contribution in [0, 0.1) is 0 Å². The van der Waals surface area contributed by atoms with Crippen LogP contribution in [0.1, 0.15) is 27.6 Å². The Morgan fingerprint density at radius 3 is 2.56 bits per heavy atom. The van der Waals surface area contributed by atoms with Gasteiger partial charge in [-0.05, 0) is 17.5 Å². The van der Waals surface area contributed by atoms with Crippen molar-refractivity contribution in [3.05, 3.63) is 71.3 Å². The summed E-state index contributed by atoms with van der Waals surface area (Å²) in [5, 5.41) is 0. The second-order valence-corrected chi connectivity index (χ2v) is 4.43. The van der Waals surface area contributed by atoms with E-state index >= 15 is 0 Å². The van der Waals surface area contributed by atoms with Crippen LogP contribution >= 0.6 is 0 Å². The normalized spacial score (nSPS) is 18.1. The monoisotopic (exact) mass is 238 g/mol. The first-order valence-electron chi connectivity index (χ1n) is 6.15. The lowest BCUT2D eigenvalue weighted by molar-refractivity contribution is 0.0349. The standard InChI is InChI=1S/C16H14O2/c17-15(13-7-2-1-3-8-13)16-14-9-5-4-6-12(14)10-11-18-16/h1-9,16H,10-11H2. The molecule has 1 aliphatic rings. The molecule has 0 amide bonds. The van der Waals surface area contributed by atoms with E-state index in [4.69, 9.17) is 4.74 Å². The van der Waals surface area contributed by atoms with Crippen LogP contribution in [0.5, 0.6) is 0 Å². The molecular formula is C16H14O2. The summed E-state index contributed by atoms with van der Waals surface area (Å²) in [5.74, 6) is 0.0442. The summed E-state index contributed by atoms with van der Waals surface area (Å²) in [6.45, 7) is 0.611. The number of Topliss-reactive ketones (excluding diaryl/α,β-unsaturated/α-hetero) is 1. The minimum absolute atomic E-state index is 0.0442. The zero-order valence-corrected chi connectivity index (χ0v) is 10.0. The number of benzene rings is 2. The molecule has 2 aromatic rings. The number of carbonyl (C=O) groups is 1. The number of carbonyl (C=O) groups excluding carboxylic acids is 1. The Morgan fingerprint density at radius 2 is 1.72 bits per heavy atom. The van der Waals surface area contributed by atoms with E-state index in [0.717, 1.165) is 12.0 Å². The summed E-state index contributed by atoms with van der Waals surface area (Å²) in [7, 11) is 0. The first-order valence-corrected chi connectivity index (χ1v) is 6.15. The largest absolute Gasteiger partial charge is 0.365 e. The fourth-order valence-corrected chi connectivity index (χ4v) is 2.36. The van der Waals surface area contributed by atoms with Crippen LogP contribution < -0.4 is 0 Å². The molecule has 0 radical (unpaired) electrons. The predicted molar refractivity (Wildman–Crippen MR) is 69.6 cm³/mol. The van der Waals surface area contributed by atoms with Gasteiger partial charge in [0.2, 0.25) is 0 Å². The molecule has 0 N–H and O–H groups in total. The van der Waals surface area contributed by atoms with E-state index in [1.807, 2.05) is 48.5 Å². The predicted octanol–water partition coefficient (Wildman–Crippen LogP) is 3.18. The van der Waals surface area contributed by atoms with Crippen LogP contribution in [0.3, 0.4) is 0 Å². The molecule has 0 fully saturated rings. The Morgan fingerprint density at radius 1 is 1.00 bits per heavy atom. The van der Waals surface area contributed by atoms with Gasteiger partial charge in [0.25, 0.3) is 0 Å². The van der Waals surface area contributed by atoms with Crippen molar-refractivity contribution < 1.29 is 9.53 Å². The van der Waals surface area contributed by atoms with Crippen LogP contribution in [-0.2, 0) is 11.2 Å². The van der Waals surface area contributed by atoms with Gasteiger partial charge >= 0.3 is 0 Å². The van der Waals surface area contributed by atoms with Gasteiger partial charge in [-0.3, -0.25) is 4.79 Å². The summed E-state index contributed by atoms with van der Waals surface area (Å²) in [5.41, 5.74) is 2.94. The van der Waals surface area contributed by atoms with Gasteiger partial charge in [-0.2, -0.15) is 0 Å². The van der Waals surface area contributed by atoms with Gasteiger partial charge in [0.05, 0.1) is 6.61 Å².